The lowest BCUT2D eigenvalue weighted by Gasteiger charge is -2.15. The van der Waals surface area contributed by atoms with Gasteiger partial charge in [0.05, 0.1) is 5.69 Å². The van der Waals surface area contributed by atoms with Crippen LogP contribution in [0, 0.1) is 0 Å². The molecule has 0 aromatic carbocycles. The van der Waals surface area contributed by atoms with Gasteiger partial charge < -0.3 is 5.73 Å². The molecule has 1 atom stereocenters. The van der Waals surface area contributed by atoms with Crippen LogP contribution in [0.15, 0.2) is 23.2 Å². The van der Waals surface area contributed by atoms with Gasteiger partial charge in [0, 0.05) is 37.9 Å². The molecule has 1 unspecified atom stereocenters. The monoisotopic (exact) mass is 296 g/mol. The third-order valence-corrected chi connectivity index (χ3v) is 5.43. The Balaban J connectivity index is 1.65. The summed E-state index contributed by atoms with van der Waals surface area (Å²) in [6, 6.07) is 3.91. The van der Waals surface area contributed by atoms with Crippen LogP contribution in [0.5, 0.6) is 0 Å². The van der Waals surface area contributed by atoms with Crippen LogP contribution < -0.4 is 10.5 Å². The molecule has 2 fully saturated rings. The molecule has 0 amide bonds. The molecule has 1 aromatic rings. The lowest BCUT2D eigenvalue weighted by atomic mass is 10.3. The first-order valence-electron chi connectivity index (χ1n) is 7.00. The quantitative estimate of drug-likeness (QED) is 0.802. The Morgan fingerprint density at radius 2 is 2.15 bits per heavy atom. The Morgan fingerprint density at radius 3 is 2.75 bits per heavy atom. The minimum absolute atomic E-state index is 0.00906. The maximum Gasteiger partial charge on any atom is 0.242 e. The van der Waals surface area contributed by atoms with E-state index in [0.717, 1.165) is 19.5 Å². The summed E-state index contributed by atoms with van der Waals surface area (Å²) in [6.07, 6.45) is 4.76. The highest BCUT2D eigenvalue weighted by Gasteiger charge is 2.35. The second kappa shape index (κ2) is 5.40. The molecule has 3 rings (SSSR count). The summed E-state index contributed by atoms with van der Waals surface area (Å²) in [6.45, 7) is 2.12. The summed E-state index contributed by atoms with van der Waals surface area (Å²) < 4.78 is 27.3. The fourth-order valence-corrected chi connectivity index (χ4v) is 3.84. The van der Waals surface area contributed by atoms with Crippen molar-refractivity contribution in [1.82, 2.24) is 14.6 Å². The van der Waals surface area contributed by atoms with Crippen molar-refractivity contribution >= 4 is 10.0 Å². The maximum absolute atomic E-state index is 12.3. The van der Waals surface area contributed by atoms with Gasteiger partial charge in [-0.1, -0.05) is 0 Å². The summed E-state index contributed by atoms with van der Waals surface area (Å²) in [4.78, 5) is 6.62. The second-order valence-electron chi connectivity index (χ2n) is 5.52. The van der Waals surface area contributed by atoms with E-state index in [2.05, 4.69) is 14.6 Å². The molecule has 1 saturated carbocycles. The molecular formula is C13H20N4O2S. The topological polar surface area (TPSA) is 88.3 Å². The molecule has 6 nitrogen and oxygen atoms in total. The zero-order chi connectivity index (χ0) is 14.2. The Labute approximate surface area is 119 Å². The van der Waals surface area contributed by atoms with E-state index in [1.165, 1.54) is 19.0 Å². The SMILES string of the molecule is NCc1ccc(S(=O)(=O)NC2CCN(C3CC3)C2)cn1. The van der Waals surface area contributed by atoms with E-state index in [0.29, 0.717) is 18.3 Å². The predicted molar refractivity (Wildman–Crippen MR) is 75.4 cm³/mol. The molecule has 1 saturated heterocycles. The number of hydrogen-bond acceptors (Lipinski definition) is 5. The molecule has 0 spiro atoms. The highest BCUT2D eigenvalue weighted by atomic mass is 32.2. The number of nitrogens with two attached hydrogens (primary N) is 1. The second-order valence-corrected chi connectivity index (χ2v) is 7.24. The zero-order valence-corrected chi connectivity index (χ0v) is 12.1. The third-order valence-electron chi connectivity index (χ3n) is 3.92. The van der Waals surface area contributed by atoms with Crippen LogP contribution in [0.25, 0.3) is 0 Å². The molecule has 2 heterocycles. The first-order valence-corrected chi connectivity index (χ1v) is 8.48. The van der Waals surface area contributed by atoms with Gasteiger partial charge in [-0.2, -0.15) is 0 Å². The number of sulfonamides is 1. The van der Waals surface area contributed by atoms with Crippen molar-refractivity contribution in [3.63, 3.8) is 0 Å². The number of hydrogen-bond donors (Lipinski definition) is 2. The minimum Gasteiger partial charge on any atom is -0.325 e. The maximum atomic E-state index is 12.3. The minimum atomic E-state index is -3.48. The van der Waals surface area contributed by atoms with Crippen molar-refractivity contribution in [2.75, 3.05) is 13.1 Å². The van der Waals surface area contributed by atoms with Crippen LogP contribution in [0.4, 0.5) is 0 Å². The number of aromatic nitrogens is 1. The van der Waals surface area contributed by atoms with Crippen molar-refractivity contribution in [2.24, 2.45) is 5.73 Å². The van der Waals surface area contributed by atoms with Gasteiger partial charge in [0.15, 0.2) is 0 Å². The van der Waals surface area contributed by atoms with Gasteiger partial charge in [-0.05, 0) is 31.4 Å². The van der Waals surface area contributed by atoms with Crippen LogP contribution in [0.2, 0.25) is 0 Å². The van der Waals surface area contributed by atoms with Crippen molar-refractivity contribution < 1.29 is 8.42 Å². The number of nitrogens with one attached hydrogen (secondary N) is 1. The number of rotatable bonds is 5. The van der Waals surface area contributed by atoms with Gasteiger partial charge in [0.1, 0.15) is 4.90 Å². The Morgan fingerprint density at radius 1 is 1.35 bits per heavy atom. The van der Waals surface area contributed by atoms with Gasteiger partial charge >= 0.3 is 0 Å². The highest BCUT2D eigenvalue weighted by Crippen LogP contribution is 2.30. The van der Waals surface area contributed by atoms with Crippen LogP contribution >= 0.6 is 0 Å². The molecule has 3 N–H and O–H groups in total. The van der Waals surface area contributed by atoms with Crippen molar-refractivity contribution in [3.8, 4) is 0 Å². The average Bonchev–Trinajstić information content (AvgIpc) is 3.20. The highest BCUT2D eigenvalue weighted by molar-refractivity contribution is 7.89. The van der Waals surface area contributed by atoms with Crippen LogP contribution in [-0.2, 0) is 16.6 Å². The van der Waals surface area contributed by atoms with E-state index in [-0.39, 0.29) is 10.9 Å². The molecule has 1 aliphatic carbocycles. The van der Waals surface area contributed by atoms with Crippen molar-refractivity contribution in [2.45, 2.75) is 42.8 Å². The van der Waals surface area contributed by atoms with E-state index >= 15 is 0 Å². The summed E-state index contributed by atoms with van der Waals surface area (Å²) in [5, 5.41) is 0. The first kappa shape index (κ1) is 13.9. The number of pyridine rings is 1. The molecule has 110 valence electrons. The number of likely N-dealkylation sites (tertiary alicyclic amines) is 1. The largest absolute Gasteiger partial charge is 0.325 e. The molecule has 2 aliphatic rings. The summed E-state index contributed by atoms with van der Waals surface area (Å²) >= 11 is 0. The van der Waals surface area contributed by atoms with Crippen molar-refractivity contribution in [3.05, 3.63) is 24.0 Å². The summed E-state index contributed by atoms with van der Waals surface area (Å²) in [5.41, 5.74) is 6.14. The molecule has 0 bridgehead atoms. The molecule has 20 heavy (non-hydrogen) atoms. The van der Waals surface area contributed by atoms with E-state index in [1.807, 2.05) is 0 Å². The van der Waals surface area contributed by atoms with Gasteiger partial charge in [0.2, 0.25) is 10.0 Å². The van der Waals surface area contributed by atoms with E-state index in [1.54, 1.807) is 12.1 Å². The van der Waals surface area contributed by atoms with E-state index < -0.39 is 10.0 Å². The zero-order valence-electron chi connectivity index (χ0n) is 11.3. The summed E-state index contributed by atoms with van der Waals surface area (Å²) in [7, 11) is -3.48. The molecule has 7 heteroatoms. The van der Waals surface area contributed by atoms with Crippen LogP contribution in [0.3, 0.4) is 0 Å². The lowest BCUT2D eigenvalue weighted by Crippen LogP contribution is -2.37. The normalized spacial score (nSPS) is 24.1. The van der Waals surface area contributed by atoms with Gasteiger partial charge in [-0.25, -0.2) is 13.1 Å². The third kappa shape index (κ3) is 3.01. The molecule has 1 aliphatic heterocycles. The van der Waals surface area contributed by atoms with E-state index in [4.69, 9.17) is 5.73 Å². The van der Waals surface area contributed by atoms with Crippen molar-refractivity contribution in [1.29, 1.82) is 0 Å². The molecule has 1 aromatic heterocycles. The van der Waals surface area contributed by atoms with Crippen LogP contribution in [0.1, 0.15) is 25.0 Å². The Kier molecular flexibility index (Phi) is 3.76. The smallest absolute Gasteiger partial charge is 0.242 e. The van der Waals surface area contributed by atoms with Gasteiger partial charge in [-0.3, -0.25) is 9.88 Å². The standard InChI is InChI=1S/C13H20N4O2S/c14-7-10-1-4-13(8-15-10)20(18,19)16-11-5-6-17(9-11)12-2-3-12/h1,4,8,11-12,16H,2-3,5-7,9,14H2. The number of nitrogens with zero attached hydrogens (tertiary/aromatic N) is 2. The Bertz CT molecular complexity index is 569. The van der Waals surface area contributed by atoms with E-state index in [9.17, 15) is 8.42 Å². The first-order chi connectivity index (χ1) is 9.58. The predicted octanol–water partition coefficient (Wildman–Crippen LogP) is 0.0553. The summed E-state index contributed by atoms with van der Waals surface area (Å²) in [5.74, 6) is 0. The average molecular weight is 296 g/mol. The fraction of sp³-hybridized carbons (Fsp3) is 0.615. The Hall–Kier alpha value is -1.02. The lowest BCUT2D eigenvalue weighted by molar-refractivity contribution is 0.322. The van der Waals surface area contributed by atoms with Gasteiger partial charge in [-0.15, -0.1) is 0 Å². The van der Waals surface area contributed by atoms with Crippen LogP contribution in [-0.4, -0.2) is 43.5 Å². The molecular weight excluding hydrogens is 276 g/mol. The fourth-order valence-electron chi connectivity index (χ4n) is 2.63. The molecule has 0 radical (unpaired) electrons. The van der Waals surface area contributed by atoms with Gasteiger partial charge in [0.25, 0.3) is 0 Å².